The molecule has 0 spiro atoms. The molecule has 3 nitrogen and oxygen atoms in total. The van der Waals surface area contributed by atoms with Crippen molar-refractivity contribution in [3.63, 3.8) is 0 Å². The molecule has 0 aliphatic heterocycles. The van der Waals surface area contributed by atoms with E-state index in [2.05, 4.69) is 4.99 Å². The maximum absolute atomic E-state index is 10.9. The van der Waals surface area contributed by atoms with Gasteiger partial charge in [-0.2, -0.15) is 4.99 Å². The summed E-state index contributed by atoms with van der Waals surface area (Å²) in [4.78, 5) is 24.1. The van der Waals surface area contributed by atoms with E-state index < -0.39 is 0 Å². The average molecular weight is 139 g/mol. The van der Waals surface area contributed by atoms with Gasteiger partial charge in [0, 0.05) is 6.42 Å². The van der Waals surface area contributed by atoms with Crippen molar-refractivity contribution in [1.82, 2.24) is 0 Å². The molecule has 0 aromatic rings. The Morgan fingerprint density at radius 1 is 1.50 bits per heavy atom. The summed E-state index contributed by atoms with van der Waals surface area (Å²) in [6, 6.07) is -0.369. The highest BCUT2D eigenvalue weighted by Gasteiger charge is 2.20. The van der Waals surface area contributed by atoms with Gasteiger partial charge < -0.3 is 0 Å². The Morgan fingerprint density at radius 2 is 2.30 bits per heavy atom. The number of nitrogens with zero attached hydrogens (tertiary/aromatic N) is 1. The van der Waals surface area contributed by atoms with Gasteiger partial charge in [0.2, 0.25) is 6.08 Å². The molecule has 0 aromatic heterocycles. The van der Waals surface area contributed by atoms with Crippen LogP contribution >= 0.6 is 0 Å². The van der Waals surface area contributed by atoms with Gasteiger partial charge in [0.05, 0.1) is 0 Å². The van der Waals surface area contributed by atoms with Crippen LogP contribution in [0, 0.1) is 0 Å². The minimum atomic E-state index is -0.369. The van der Waals surface area contributed by atoms with Gasteiger partial charge >= 0.3 is 0 Å². The van der Waals surface area contributed by atoms with Crippen molar-refractivity contribution in [3.05, 3.63) is 0 Å². The fourth-order valence-corrected chi connectivity index (χ4v) is 1.16. The van der Waals surface area contributed by atoms with Crippen LogP contribution in [0.5, 0.6) is 0 Å². The van der Waals surface area contributed by atoms with E-state index in [-0.39, 0.29) is 11.8 Å². The lowest BCUT2D eigenvalue weighted by Gasteiger charge is -2.13. The van der Waals surface area contributed by atoms with Crippen molar-refractivity contribution in [3.8, 4) is 0 Å². The van der Waals surface area contributed by atoms with Crippen LogP contribution in [0.2, 0.25) is 0 Å². The molecular weight excluding hydrogens is 130 g/mol. The van der Waals surface area contributed by atoms with Gasteiger partial charge in [0.25, 0.3) is 0 Å². The topological polar surface area (TPSA) is 46.5 Å². The van der Waals surface area contributed by atoms with Crippen LogP contribution in [0.4, 0.5) is 0 Å². The Labute approximate surface area is 59.1 Å². The number of isocyanates is 1. The first-order chi connectivity index (χ1) is 4.84. The van der Waals surface area contributed by atoms with E-state index in [9.17, 15) is 9.59 Å². The molecule has 1 rings (SSSR count). The molecule has 1 aliphatic carbocycles. The highest BCUT2D eigenvalue weighted by atomic mass is 16.1. The molecule has 0 N–H and O–H groups in total. The Kier molecular flexibility index (Phi) is 2.35. The first kappa shape index (κ1) is 7.16. The summed E-state index contributed by atoms with van der Waals surface area (Å²) in [5.41, 5.74) is 0. The fourth-order valence-electron chi connectivity index (χ4n) is 1.16. The summed E-state index contributed by atoms with van der Waals surface area (Å²) < 4.78 is 0. The predicted octanol–water partition coefficient (Wildman–Crippen LogP) is 0.834. The van der Waals surface area contributed by atoms with Crippen LogP contribution in [0.25, 0.3) is 0 Å². The van der Waals surface area contributed by atoms with Crippen molar-refractivity contribution < 1.29 is 9.59 Å². The molecule has 10 heavy (non-hydrogen) atoms. The van der Waals surface area contributed by atoms with Crippen molar-refractivity contribution in [2.45, 2.75) is 31.7 Å². The molecule has 3 heteroatoms. The number of rotatable bonds is 1. The average Bonchev–Trinajstić information content (AvgIpc) is 1.94. The fraction of sp³-hybridized carbons (Fsp3) is 0.714. The summed E-state index contributed by atoms with van der Waals surface area (Å²) in [5.74, 6) is 0.0922. The number of Topliss-reactive ketones (excluding diaryl/α,β-unsaturated/α-hetero) is 1. The molecule has 0 saturated heterocycles. The van der Waals surface area contributed by atoms with E-state index in [1.807, 2.05) is 0 Å². The molecule has 0 heterocycles. The zero-order valence-electron chi connectivity index (χ0n) is 5.67. The Hall–Kier alpha value is -0.950. The van der Waals surface area contributed by atoms with E-state index in [1.165, 1.54) is 6.08 Å². The van der Waals surface area contributed by atoms with Crippen LogP contribution in [-0.4, -0.2) is 17.9 Å². The molecule has 0 bridgehead atoms. The molecule has 1 unspecified atom stereocenters. The largest absolute Gasteiger partial charge is 0.297 e. The van der Waals surface area contributed by atoms with Gasteiger partial charge in [-0.3, -0.25) is 4.79 Å². The van der Waals surface area contributed by atoms with E-state index in [0.717, 1.165) is 19.3 Å². The van der Waals surface area contributed by atoms with Gasteiger partial charge in [-0.05, 0) is 12.8 Å². The zero-order valence-corrected chi connectivity index (χ0v) is 5.67. The Bertz CT molecular complexity index is 182. The lowest BCUT2D eigenvalue weighted by molar-refractivity contribution is -0.121. The first-order valence-electron chi connectivity index (χ1n) is 3.44. The molecular formula is C7H9NO2. The van der Waals surface area contributed by atoms with E-state index in [4.69, 9.17) is 0 Å². The standard InChI is InChI=1S/C7H9NO2/c9-5-8-6-3-1-2-4-7(6)10/h6H,1-4H2. The first-order valence-corrected chi connectivity index (χ1v) is 3.44. The van der Waals surface area contributed by atoms with Gasteiger partial charge in [-0.1, -0.05) is 6.42 Å². The number of carbonyl (C=O) groups excluding carboxylic acids is 2. The maximum atomic E-state index is 10.9. The predicted molar refractivity (Wildman–Crippen MR) is 35.4 cm³/mol. The molecule has 0 aromatic carbocycles. The zero-order chi connectivity index (χ0) is 7.40. The third-order valence-electron chi connectivity index (χ3n) is 1.73. The highest BCUT2D eigenvalue weighted by molar-refractivity contribution is 5.85. The molecule has 1 aliphatic rings. The van der Waals surface area contributed by atoms with Gasteiger partial charge in [-0.25, -0.2) is 4.79 Å². The Balaban J connectivity index is 2.55. The van der Waals surface area contributed by atoms with Gasteiger partial charge in [0.1, 0.15) is 6.04 Å². The third-order valence-corrected chi connectivity index (χ3v) is 1.73. The minimum absolute atomic E-state index is 0.0922. The molecule has 0 amide bonds. The van der Waals surface area contributed by atoms with Crippen molar-refractivity contribution in [1.29, 1.82) is 0 Å². The number of carbonyl (C=O) groups is 1. The molecule has 54 valence electrons. The van der Waals surface area contributed by atoms with E-state index in [0.29, 0.717) is 6.42 Å². The molecule has 1 fully saturated rings. The van der Waals surface area contributed by atoms with Gasteiger partial charge in [0.15, 0.2) is 5.78 Å². The van der Waals surface area contributed by atoms with Crippen LogP contribution in [-0.2, 0) is 9.59 Å². The molecule has 1 saturated carbocycles. The summed E-state index contributed by atoms with van der Waals surface area (Å²) in [7, 11) is 0. The summed E-state index contributed by atoms with van der Waals surface area (Å²) in [6.07, 6.45) is 4.68. The monoisotopic (exact) mass is 139 g/mol. The summed E-state index contributed by atoms with van der Waals surface area (Å²) >= 11 is 0. The summed E-state index contributed by atoms with van der Waals surface area (Å²) in [5, 5.41) is 0. The van der Waals surface area contributed by atoms with E-state index in [1.54, 1.807) is 0 Å². The second-order valence-corrected chi connectivity index (χ2v) is 2.45. The van der Waals surface area contributed by atoms with Crippen LogP contribution in [0.15, 0.2) is 4.99 Å². The molecule has 1 atom stereocenters. The van der Waals surface area contributed by atoms with E-state index >= 15 is 0 Å². The second kappa shape index (κ2) is 3.28. The quantitative estimate of drug-likeness (QED) is 0.399. The number of ketones is 1. The SMILES string of the molecule is O=C=NC1CCCCC1=O. The minimum Gasteiger partial charge on any atom is -0.297 e. The van der Waals surface area contributed by atoms with Crippen molar-refractivity contribution in [2.24, 2.45) is 4.99 Å². The second-order valence-electron chi connectivity index (χ2n) is 2.45. The number of hydrogen-bond acceptors (Lipinski definition) is 3. The number of hydrogen-bond donors (Lipinski definition) is 0. The van der Waals surface area contributed by atoms with Crippen LogP contribution < -0.4 is 0 Å². The van der Waals surface area contributed by atoms with Crippen molar-refractivity contribution in [2.75, 3.05) is 0 Å². The maximum Gasteiger partial charge on any atom is 0.235 e. The van der Waals surface area contributed by atoms with Gasteiger partial charge in [-0.15, -0.1) is 0 Å². The number of aliphatic imine (C=N–C) groups is 1. The van der Waals surface area contributed by atoms with Crippen LogP contribution in [0.1, 0.15) is 25.7 Å². The lowest BCUT2D eigenvalue weighted by atomic mass is 9.95. The Morgan fingerprint density at radius 3 is 2.90 bits per heavy atom. The molecule has 0 radical (unpaired) electrons. The van der Waals surface area contributed by atoms with Crippen LogP contribution in [0.3, 0.4) is 0 Å². The normalized spacial score (nSPS) is 25.6. The smallest absolute Gasteiger partial charge is 0.235 e. The highest BCUT2D eigenvalue weighted by Crippen LogP contribution is 2.16. The third kappa shape index (κ3) is 1.52. The summed E-state index contributed by atoms with van der Waals surface area (Å²) in [6.45, 7) is 0. The lowest BCUT2D eigenvalue weighted by Crippen LogP contribution is -2.22. The van der Waals surface area contributed by atoms with Crippen molar-refractivity contribution >= 4 is 11.9 Å².